The number of fused-ring (bicyclic) bond motifs is 1. The summed E-state index contributed by atoms with van der Waals surface area (Å²) in [5.74, 6) is 0.543. The van der Waals surface area contributed by atoms with Crippen LogP contribution in [0.3, 0.4) is 0 Å². The molecule has 0 atom stereocenters. The molecule has 0 saturated carbocycles. The molecule has 0 unspecified atom stereocenters. The van der Waals surface area contributed by atoms with Crippen LogP contribution < -0.4 is 21.3 Å². The summed E-state index contributed by atoms with van der Waals surface area (Å²) in [6, 6.07) is 5.25. The minimum Gasteiger partial charge on any atom is -0.495 e. The van der Waals surface area contributed by atoms with E-state index in [9.17, 15) is 9.59 Å². The summed E-state index contributed by atoms with van der Waals surface area (Å²) in [6.45, 7) is 1.66. The molecule has 1 aliphatic heterocycles. The second-order valence-electron chi connectivity index (χ2n) is 5.35. The molecular weight excluding hydrogens is 270 g/mol. The van der Waals surface area contributed by atoms with E-state index < -0.39 is 0 Å². The van der Waals surface area contributed by atoms with Crippen molar-refractivity contribution in [1.82, 2.24) is 14.5 Å². The van der Waals surface area contributed by atoms with Crippen LogP contribution in [-0.4, -0.2) is 29.3 Å². The monoisotopic (exact) mass is 289 g/mol. The fourth-order valence-corrected chi connectivity index (χ4v) is 3.07. The number of hydrogen-bond acceptors (Lipinski definition) is 4. The highest BCUT2D eigenvalue weighted by atomic mass is 16.5. The molecule has 1 saturated heterocycles. The molecule has 0 bridgehead atoms. The number of nitrogens with zero attached hydrogens (tertiary/aromatic N) is 2. The van der Waals surface area contributed by atoms with E-state index in [1.807, 2.05) is 0 Å². The third kappa shape index (κ3) is 2.15. The Labute approximate surface area is 122 Å². The number of benzene rings is 1. The summed E-state index contributed by atoms with van der Waals surface area (Å²) < 4.78 is 8.20. The molecule has 0 amide bonds. The van der Waals surface area contributed by atoms with Crippen LogP contribution in [0.25, 0.3) is 10.9 Å². The van der Waals surface area contributed by atoms with Crippen LogP contribution in [0, 0.1) is 0 Å². The summed E-state index contributed by atoms with van der Waals surface area (Å²) in [7, 11) is 3.22. The van der Waals surface area contributed by atoms with Crippen molar-refractivity contribution in [3.63, 3.8) is 0 Å². The molecule has 1 aromatic carbocycles. The summed E-state index contributed by atoms with van der Waals surface area (Å²) in [6.07, 6.45) is 1.59. The fourth-order valence-electron chi connectivity index (χ4n) is 3.07. The fraction of sp³-hybridized carbons (Fsp3) is 0.467. The van der Waals surface area contributed by atoms with E-state index in [1.165, 1.54) is 16.2 Å². The molecule has 3 rings (SSSR count). The minimum absolute atomic E-state index is 0.0342. The van der Waals surface area contributed by atoms with Gasteiger partial charge < -0.3 is 10.1 Å². The third-order valence-electron chi connectivity index (χ3n) is 4.17. The molecule has 0 aliphatic carbocycles. The Morgan fingerprint density at radius 2 is 1.95 bits per heavy atom. The van der Waals surface area contributed by atoms with E-state index in [1.54, 1.807) is 25.2 Å². The first kappa shape index (κ1) is 13.9. The number of rotatable bonds is 2. The molecule has 6 nitrogen and oxygen atoms in total. The van der Waals surface area contributed by atoms with E-state index in [0.717, 1.165) is 25.9 Å². The molecule has 112 valence electrons. The summed E-state index contributed by atoms with van der Waals surface area (Å²) in [5, 5.41) is 3.77. The summed E-state index contributed by atoms with van der Waals surface area (Å²) in [4.78, 5) is 25.4. The van der Waals surface area contributed by atoms with Crippen LogP contribution in [-0.2, 0) is 7.05 Å². The zero-order valence-electron chi connectivity index (χ0n) is 12.3. The van der Waals surface area contributed by atoms with E-state index in [2.05, 4.69) is 5.32 Å². The normalized spacial score (nSPS) is 16.3. The third-order valence-corrected chi connectivity index (χ3v) is 4.17. The highest BCUT2D eigenvalue weighted by molar-refractivity contribution is 5.84. The van der Waals surface area contributed by atoms with Gasteiger partial charge in [0.25, 0.3) is 5.56 Å². The molecule has 1 N–H and O–H groups in total. The minimum atomic E-state index is -0.274. The Morgan fingerprint density at radius 1 is 1.24 bits per heavy atom. The number of nitrogens with one attached hydrogen (secondary N) is 1. The van der Waals surface area contributed by atoms with Crippen molar-refractivity contribution < 1.29 is 4.74 Å². The highest BCUT2D eigenvalue weighted by Gasteiger charge is 2.22. The predicted molar refractivity (Wildman–Crippen MR) is 81.1 cm³/mol. The van der Waals surface area contributed by atoms with Crippen LogP contribution in [0.5, 0.6) is 5.75 Å². The number of para-hydroxylation sites is 1. The van der Waals surface area contributed by atoms with Gasteiger partial charge in [-0.15, -0.1) is 0 Å². The molecule has 6 heteroatoms. The van der Waals surface area contributed by atoms with E-state index >= 15 is 0 Å². The van der Waals surface area contributed by atoms with Crippen molar-refractivity contribution in [3.05, 3.63) is 39.0 Å². The SMILES string of the molecule is COc1cccc2c(=O)n(C3CCNCC3)c(=O)n(C)c12. The summed E-state index contributed by atoms with van der Waals surface area (Å²) >= 11 is 0. The van der Waals surface area contributed by atoms with Crippen molar-refractivity contribution in [2.75, 3.05) is 20.2 Å². The van der Waals surface area contributed by atoms with Crippen molar-refractivity contribution in [2.24, 2.45) is 7.05 Å². The molecule has 0 spiro atoms. The molecule has 1 aromatic heterocycles. The van der Waals surface area contributed by atoms with Crippen LogP contribution in [0.15, 0.2) is 27.8 Å². The lowest BCUT2D eigenvalue weighted by atomic mass is 10.1. The van der Waals surface area contributed by atoms with Gasteiger partial charge in [-0.2, -0.15) is 0 Å². The Hall–Kier alpha value is -2.08. The van der Waals surface area contributed by atoms with Gasteiger partial charge >= 0.3 is 5.69 Å². The van der Waals surface area contributed by atoms with Gasteiger partial charge in [0.05, 0.1) is 12.5 Å². The maximum Gasteiger partial charge on any atom is 0.331 e. The van der Waals surface area contributed by atoms with E-state index in [0.29, 0.717) is 16.7 Å². The Kier molecular flexibility index (Phi) is 3.55. The number of hydrogen-bond donors (Lipinski definition) is 1. The topological polar surface area (TPSA) is 65.3 Å². The van der Waals surface area contributed by atoms with Gasteiger partial charge in [-0.3, -0.25) is 13.9 Å². The maximum absolute atomic E-state index is 12.7. The number of aryl methyl sites for hydroxylation is 1. The van der Waals surface area contributed by atoms with Gasteiger partial charge in [0.15, 0.2) is 0 Å². The summed E-state index contributed by atoms with van der Waals surface area (Å²) in [5.41, 5.74) is 0.0583. The van der Waals surface area contributed by atoms with Crippen molar-refractivity contribution in [1.29, 1.82) is 0 Å². The lowest BCUT2D eigenvalue weighted by Gasteiger charge is -2.25. The van der Waals surface area contributed by atoms with Crippen LogP contribution in [0.1, 0.15) is 18.9 Å². The molecular formula is C15H19N3O3. The molecule has 0 radical (unpaired) electrons. The highest BCUT2D eigenvalue weighted by Crippen LogP contribution is 2.22. The Balaban J connectivity index is 2.33. The van der Waals surface area contributed by atoms with Gasteiger partial charge in [0.2, 0.25) is 0 Å². The smallest absolute Gasteiger partial charge is 0.331 e. The first-order valence-corrected chi connectivity index (χ1v) is 7.14. The lowest BCUT2D eigenvalue weighted by Crippen LogP contribution is -2.44. The van der Waals surface area contributed by atoms with Crippen molar-refractivity contribution >= 4 is 10.9 Å². The van der Waals surface area contributed by atoms with Gasteiger partial charge in [0.1, 0.15) is 11.3 Å². The van der Waals surface area contributed by atoms with Gasteiger partial charge in [0, 0.05) is 13.1 Å². The first-order valence-electron chi connectivity index (χ1n) is 7.14. The van der Waals surface area contributed by atoms with Crippen molar-refractivity contribution in [2.45, 2.75) is 18.9 Å². The van der Waals surface area contributed by atoms with E-state index in [-0.39, 0.29) is 17.3 Å². The van der Waals surface area contributed by atoms with Crippen LogP contribution >= 0.6 is 0 Å². The largest absolute Gasteiger partial charge is 0.495 e. The van der Waals surface area contributed by atoms with Crippen LogP contribution in [0.2, 0.25) is 0 Å². The molecule has 21 heavy (non-hydrogen) atoms. The standard InChI is InChI=1S/C15H19N3O3/c1-17-13-11(4-3-5-12(13)21-2)14(19)18(15(17)20)10-6-8-16-9-7-10/h3-5,10,16H,6-9H2,1-2H3. The zero-order valence-corrected chi connectivity index (χ0v) is 12.3. The number of aromatic nitrogens is 2. The zero-order chi connectivity index (χ0) is 15.0. The molecule has 1 fully saturated rings. The quantitative estimate of drug-likeness (QED) is 0.881. The predicted octanol–water partition coefficient (Wildman–Crippen LogP) is 0.633. The number of piperidine rings is 1. The van der Waals surface area contributed by atoms with Crippen LogP contribution in [0.4, 0.5) is 0 Å². The van der Waals surface area contributed by atoms with Gasteiger partial charge in [-0.1, -0.05) is 6.07 Å². The van der Waals surface area contributed by atoms with Gasteiger partial charge in [-0.05, 0) is 38.1 Å². The second-order valence-corrected chi connectivity index (χ2v) is 5.35. The Morgan fingerprint density at radius 3 is 2.62 bits per heavy atom. The van der Waals surface area contributed by atoms with Gasteiger partial charge in [-0.25, -0.2) is 4.79 Å². The number of ether oxygens (including phenoxy) is 1. The lowest BCUT2D eigenvalue weighted by molar-refractivity contribution is 0.347. The second kappa shape index (κ2) is 5.37. The maximum atomic E-state index is 12.7. The first-order chi connectivity index (χ1) is 10.1. The molecule has 2 heterocycles. The molecule has 1 aliphatic rings. The Bertz CT molecular complexity index is 785. The molecule has 2 aromatic rings. The number of methoxy groups -OCH3 is 1. The van der Waals surface area contributed by atoms with Crippen molar-refractivity contribution in [3.8, 4) is 5.75 Å². The average molecular weight is 289 g/mol. The average Bonchev–Trinajstić information content (AvgIpc) is 2.53. The van der Waals surface area contributed by atoms with E-state index in [4.69, 9.17) is 4.74 Å².